The number of carboxylic acids is 1. The van der Waals surface area contributed by atoms with Crippen molar-refractivity contribution in [3.8, 4) is 0 Å². The van der Waals surface area contributed by atoms with Crippen molar-refractivity contribution in [2.24, 2.45) is 0 Å². The third-order valence-corrected chi connectivity index (χ3v) is 3.50. The Hall–Kier alpha value is -0.900. The Morgan fingerprint density at radius 1 is 0.700 bits per heavy atom. The van der Waals surface area contributed by atoms with Gasteiger partial charge in [0.05, 0.1) is 0 Å². The van der Waals surface area contributed by atoms with Gasteiger partial charge < -0.3 is 10.6 Å². The van der Waals surface area contributed by atoms with E-state index in [1.54, 1.807) is 0 Å². The molecule has 0 fully saturated rings. The zero-order valence-corrected chi connectivity index (χ0v) is 13.0. The Balaban J connectivity index is 0. The number of unbranched alkanes of at least 4 members (excludes halogenated alkanes) is 11. The first kappa shape index (κ1) is 21.4. The minimum Gasteiger partial charge on any atom is -0.476 e. The summed E-state index contributed by atoms with van der Waals surface area (Å²) in [6.45, 7) is 2.24. The molecule has 0 aliphatic rings. The molecule has 0 aromatic carbocycles. The van der Waals surface area contributed by atoms with E-state index in [-0.39, 0.29) is 11.9 Å². The van der Waals surface area contributed by atoms with Gasteiger partial charge in [-0.25, -0.2) is 4.79 Å². The lowest BCUT2D eigenvalue weighted by atomic mass is 10.0. The number of hydrogen-bond acceptors (Lipinski definition) is 2. The van der Waals surface area contributed by atoms with E-state index in [1.165, 1.54) is 57.8 Å². The van der Waals surface area contributed by atoms with Crippen molar-refractivity contribution >= 4 is 11.8 Å². The number of hydrogen-bond donors (Lipinski definition) is 1. The number of Topliss-reactive ketones (excluding diaryl/α,β-unsaturated/α-hetero) is 1. The normalized spacial score (nSPS) is 10.1. The molecule has 120 valence electrons. The van der Waals surface area contributed by atoms with Crippen LogP contribution in [0.5, 0.6) is 0 Å². The molecular weight excluding hydrogens is 256 g/mol. The summed E-state index contributed by atoms with van der Waals surface area (Å²) in [7, 11) is 0. The first-order chi connectivity index (χ1) is 9.18. The molecular formula is C16H32O4. The van der Waals surface area contributed by atoms with E-state index in [1.807, 2.05) is 0 Å². The molecule has 0 aliphatic carbocycles. The van der Waals surface area contributed by atoms with E-state index in [0.717, 1.165) is 19.3 Å². The van der Waals surface area contributed by atoms with Crippen molar-refractivity contribution in [3.63, 3.8) is 0 Å². The summed E-state index contributed by atoms with van der Waals surface area (Å²) < 4.78 is 0. The van der Waals surface area contributed by atoms with Gasteiger partial charge in [-0.05, 0) is 6.42 Å². The quantitative estimate of drug-likeness (QED) is 0.388. The topological polar surface area (TPSA) is 85.9 Å². The molecule has 0 radical (unpaired) electrons. The lowest BCUT2D eigenvalue weighted by Crippen LogP contribution is -2.11. The van der Waals surface area contributed by atoms with E-state index in [4.69, 9.17) is 5.11 Å². The van der Waals surface area contributed by atoms with Gasteiger partial charge in [0.1, 0.15) is 0 Å². The van der Waals surface area contributed by atoms with Gasteiger partial charge in [-0.15, -0.1) is 0 Å². The molecule has 3 N–H and O–H groups in total. The maximum absolute atomic E-state index is 10.8. The number of rotatable bonds is 14. The molecule has 0 rings (SSSR count). The molecule has 0 aliphatic heterocycles. The molecule has 0 heterocycles. The Bertz CT molecular complexity index is 239. The van der Waals surface area contributed by atoms with Crippen molar-refractivity contribution < 1.29 is 20.2 Å². The SMILES string of the molecule is CCCCCCCCCCCCCCC(=O)C(=O)O.O. The third-order valence-electron chi connectivity index (χ3n) is 3.50. The average molecular weight is 288 g/mol. The Kier molecular flexibility index (Phi) is 17.3. The lowest BCUT2D eigenvalue weighted by Gasteiger charge is -2.02. The van der Waals surface area contributed by atoms with Crippen LogP contribution in [-0.2, 0) is 9.59 Å². The summed E-state index contributed by atoms with van der Waals surface area (Å²) >= 11 is 0. The summed E-state index contributed by atoms with van der Waals surface area (Å²) in [5.41, 5.74) is 0. The number of ketones is 1. The molecule has 0 amide bonds. The molecule has 4 heteroatoms. The van der Waals surface area contributed by atoms with Crippen LogP contribution in [0.2, 0.25) is 0 Å². The van der Waals surface area contributed by atoms with Crippen LogP contribution in [-0.4, -0.2) is 22.3 Å². The van der Waals surface area contributed by atoms with Gasteiger partial charge in [0.25, 0.3) is 0 Å². The van der Waals surface area contributed by atoms with Crippen LogP contribution < -0.4 is 0 Å². The van der Waals surface area contributed by atoms with Gasteiger partial charge in [-0.2, -0.15) is 0 Å². The van der Waals surface area contributed by atoms with E-state index in [0.29, 0.717) is 0 Å². The first-order valence-corrected chi connectivity index (χ1v) is 7.94. The number of carboxylic acid groups (broad SMARTS) is 1. The Morgan fingerprint density at radius 3 is 1.40 bits per heavy atom. The predicted molar refractivity (Wildman–Crippen MR) is 82.0 cm³/mol. The van der Waals surface area contributed by atoms with Crippen LogP contribution in [0.25, 0.3) is 0 Å². The second kappa shape index (κ2) is 16.2. The van der Waals surface area contributed by atoms with Crippen LogP contribution in [0.15, 0.2) is 0 Å². The van der Waals surface area contributed by atoms with Gasteiger partial charge in [0.15, 0.2) is 0 Å². The molecule has 20 heavy (non-hydrogen) atoms. The van der Waals surface area contributed by atoms with Crippen LogP contribution in [0, 0.1) is 0 Å². The van der Waals surface area contributed by atoms with E-state index >= 15 is 0 Å². The molecule has 0 unspecified atom stereocenters. The van der Waals surface area contributed by atoms with E-state index in [9.17, 15) is 9.59 Å². The highest BCUT2D eigenvalue weighted by molar-refractivity contribution is 6.32. The van der Waals surface area contributed by atoms with E-state index in [2.05, 4.69) is 6.92 Å². The maximum atomic E-state index is 10.8. The molecule has 0 aromatic rings. The molecule has 0 bridgehead atoms. The van der Waals surface area contributed by atoms with Gasteiger partial charge in [0.2, 0.25) is 5.78 Å². The smallest absolute Gasteiger partial charge is 0.372 e. The predicted octanol–water partition coefficient (Wildman–Crippen LogP) is 3.91. The van der Waals surface area contributed by atoms with Crippen molar-refractivity contribution in [2.45, 2.75) is 90.4 Å². The van der Waals surface area contributed by atoms with E-state index < -0.39 is 11.8 Å². The highest BCUT2D eigenvalue weighted by atomic mass is 16.4. The summed E-state index contributed by atoms with van der Waals surface area (Å²) in [4.78, 5) is 21.1. The molecule has 4 nitrogen and oxygen atoms in total. The maximum Gasteiger partial charge on any atom is 0.372 e. The molecule has 0 saturated heterocycles. The molecule has 0 saturated carbocycles. The zero-order chi connectivity index (χ0) is 14.3. The minimum absolute atomic E-state index is 0. The molecule has 0 spiro atoms. The number of aliphatic carboxylic acids is 1. The largest absolute Gasteiger partial charge is 0.476 e. The van der Waals surface area contributed by atoms with Gasteiger partial charge in [-0.3, -0.25) is 4.79 Å². The van der Waals surface area contributed by atoms with Crippen molar-refractivity contribution in [1.82, 2.24) is 0 Å². The minimum atomic E-state index is -1.29. The highest BCUT2D eigenvalue weighted by Crippen LogP contribution is 2.12. The number of carbonyl (C=O) groups is 2. The summed E-state index contributed by atoms with van der Waals surface area (Å²) in [5.74, 6) is -1.94. The zero-order valence-electron chi connectivity index (χ0n) is 13.0. The third kappa shape index (κ3) is 15.2. The molecule has 0 atom stereocenters. The summed E-state index contributed by atoms with van der Waals surface area (Å²) in [6.07, 6.45) is 15.0. The second-order valence-corrected chi connectivity index (χ2v) is 5.37. The van der Waals surface area contributed by atoms with Crippen molar-refractivity contribution in [2.75, 3.05) is 0 Å². The highest BCUT2D eigenvalue weighted by Gasteiger charge is 2.09. The number of carbonyl (C=O) groups excluding carboxylic acids is 1. The fourth-order valence-corrected chi connectivity index (χ4v) is 2.23. The van der Waals surface area contributed by atoms with Gasteiger partial charge in [-0.1, -0.05) is 77.6 Å². The average Bonchev–Trinajstić information content (AvgIpc) is 2.39. The van der Waals surface area contributed by atoms with Gasteiger partial charge >= 0.3 is 5.97 Å². The molecule has 0 aromatic heterocycles. The second-order valence-electron chi connectivity index (χ2n) is 5.37. The summed E-state index contributed by atoms with van der Waals surface area (Å²) in [5, 5.41) is 8.41. The van der Waals surface area contributed by atoms with Crippen molar-refractivity contribution in [1.29, 1.82) is 0 Å². The standard InChI is InChI=1S/C16H30O3.H2O/c1-2-3-4-5-6-7-8-9-10-11-12-13-14-15(17)16(18)19;/h2-14H2,1H3,(H,18,19);1H2. The lowest BCUT2D eigenvalue weighted by molar-refractivity contribution is -0.149. The fourth-order valence-electron chi connectivity index (χ4n) is 2.23. The van der Waals surface area contributed by atoms with Crippen molar-refractivity contribution in [3.05, 3.63) is 0 Å². The van der Waals surface area contributed by atoms with Crippen LogP contribution in [0.3, 0.4) is 0 Å². The van der Waals surface area contributed by atoms with Crippen LogP contribution in [0.4, 0.5) is 0 Å². The van der Waals surface area contributed by atoms with Crippen LogP contribution in [0.1, 0.15) is 90.4 Å². The van der Waals surface area contributed by atoms with Crippen LogP contribution >= 0.6 is 0 Å². The Morgan fingerprint density at radius 2 is 1.05 bits per heavy atom. The monoisotopic (exact) mass is 288 g/mol. The fraction of sp³-hybridized carbons (Fsp3) is 0.875. The van der Waals surface area contributed by atoms with Gasteiger partial charge in [0, 0.05) is 6.42 Å². The first-order valence-electron chi connectivity index (χ1n) is 7.94. The Labute approximate surface area is 123 Å². The summed E-state index contributed by atoms with van der Waals surface area (Å²) in [6, 6.07) is 0.